The van der Waals surface area contributed by atoms with Crippen LogP contribution in [0.15, 0.2) is 30.6 Å². The number of rotatable bonds is 1. The topological polar surface area (TPSA) is 65.4 Å². The molecule has 2 aromatic rings. The first-order valence-corrected chi connectivity index (χ1v) is 6.35. The van der Waals surface area contributed by atoms with E-state index < -0.39 is 0 Å². The van der Waals surface area contributed by atoms with Gasteiger partial charge in [-0.15, -0.1) is 0 Å². The van der Waals surface area contributed by atoms with Gasteiger partial charge in [0.2, 0.25) is 0 Å². The van der Waals surface area contributed by atoms with Gasteiger partial charge in [0.15, 0.2) is 11.5 Å². The van der Waals surface area contributed by atoms with Crippen molar-refractivity contribution < 1.29 is 10.2 Å². The number of aromatic hydroxyl groups is 2. The Labute approximate surface area is 111 Å². The monoisotopic (exact) mass is 256 g/mol. The van der Waals surface area contributed by atoms with Crippen LogP contribution in [-0.2, 0) is 6.42 Å². The summed E-state index contributed by atoms with van der Waals surface area (Å²) in [5.41, 5.74) is 4.37. The molecule has 1 aliphatic heterocycles. The molecule has 3 rings (SSSR count). The fourth-order valence-corrected chi connectivity index (χ4v) is 2.67. The minimum Gasteiger partial charge on any atom is -0.504 e. The maximum absolute atomic E-state index is 9.72. The summed E-state index contributed by atoms with van der Waals surface area (Å²) in [6.45, 7) is 2.88. The number of phenols is 2. The van der Waals surface area contributed by atoms with Gasteiger partial charge in [-0.3, -0.25) is 4.98 Å². The van der Waals surface area contributed by atoms with E-state index >= 15 is 0 Å². The Bertz CT molecular complexity index is 626. The van der Waals surface area contributed by atoms with Crippen molar-refractivity contribution in [2.45, 2.75) is 19.4 Å². The van der Waals surface area contributed by atoms with E-state index in [0.29, 0.717) is 0 Å². The maximum atomic E-state index is 9.72. The second kappa shape index (κ2) is 4.55. The smallest absolute Gasteiger partial charge is 0.157 e. The normalized spacial score (nSPS) is 18.1. The number of hydrogen-bond donors (Lipinski definition) is 3. The number of aromatic nitrogens is 1. The fraction of sp³-hybridized carbons (Fsp3) is 0.267. The Morgan fingerprint density at radius 1 is 1.21 bits per heavy atom. The van der Waals surface area contributed by atoms with Crippen molar-refractivity contribution in [1.29, 1.82) is 0 Å². The number of hydrogen-bond acceptors (Lipinski definition) is 4. The summed E-state index contributed by atoms with van der Waals surface area (Å²) in [5, 5.41) is 22.8. The van der Waals surface area contributed by atoms with Crippen molar-refractivity contribution >= 4 is 0 Å². The molecule has 0 bridgehead atoms. The van der Waals surface area contributed by atoms with Gasteiger partial charge >= 0.3 is 0 Å². The van der Waals surface area contributed by atoms with Crippen LogP contribution < -0.4 is 5.32 Å². The largest absolute Gasteiger partial charge is 0.504 e. The van der Waals surface area contributed by atoms with E-state index in [-0.39, 0.29) is 17.5 Å². The summed E-state index contributed by atoms with van der Waals surface area (Å²) in [6.07, 6.45) is 4.47. The third-order valence-electron chi connectivity index (χ3n) is 3.66. The van der Waals surface area contributed by atoms with Gasteiger partial charge < -0.3 is 15.5 Å². The van der Waals surface area contributed by atoms with E-state index in [1.807, 2.05) is 19.2 Å². The lowest BCUT2D eigenvalue weighted by Crippen LogP contribution is -2.31. The van der Waals surface area contributed by atoms with E-state index in [4.69, 9.17) is 0 Å². The van der Waals surface area contributed by atoms with Crippen LogP contribution in [0.2, 0.25) is 0 Å². The van der Waals surface area contributed by atoms with E-state index in [2.05, 4.69) is 10.3 Å². The number of aryl methyl sites for hydroxylation is 1. The van der Waals surface area contributed by atoms with Crippen molar-refractivity contribution in [3.05, 3.63) is 52.8 Å². The van der Waals surface area contributed by atoms with E-state index in [1.165, 1.54) is 0 Å². The van der Waals surface area contributed by atoms with E-state index in [0.717, 1.165) is 35.2 Å². The molecule has 0 spiro atoms. The summed E-state index contributed by atoms with van der Waals surface area (Å²) < 4.78 is 0. The third-order valence-corrected chi connectivity index (χ3v) is 3.66. The van der Waals surface area contributed by atoms with Crippen LogP contribution in [0, 0.1) is 6.92 Å². The lowest BCUT2D eigenvalue weighted by atomic mass is 9.88. The molecule has 1 aromatic heterocycles. The molecule has 0 fully saturated rings. The Kier molecular flexibility index (Phi) is 2.87. The van der Waals surface area contributed by atoms with Crippen LogP contribution in [0.3, 0.4) is 0 Å². The molecule has 0 aliphatic carbocycles. The molecule has 0 radical (unpaired) electrons. The van der Waals surface area contributed by atoms with Crippen LogP contribution in [-0.4, -0.2) is 21.7 Å². The lowest BCUT2D eigenvalue weighted by Gasteiger charge is -2.28. The number of benzene rings is 1. The number of nitrogens with zero attached hydrogens (tertiary/aromatic N) is 1. The molecule has 4 nitrogen and oxygen atoms in total. The minimum absolute atomic E-state index is 0.0400. The predicted octanol–water partition coefficient (Wildman–Crippen LogP) is 2.04. The van der Waals surface area contributed by atoms with Gasteiger partial charge in [0.25, 0.3) is 0 Å². The van der Waals surface area contributed by atoms with Gasteiger partial charge in [0.05, 0.1) is 6.04 Å². The summed E-state index contributed by atoms with van der Waals surface area (Å²) in [4.78, 5) is 4.11. The Balaban J connectivity index is 2.13. The molecule has 0 saturated heterocycles. The van der Waals surface area contributed by atoms with Gasteiger partial charge in [-0.25, -0.2) is 0 Å². The first-order valence-electron chi connectivity index (χ1n) is 6.35. The summed E-state index contributed by atoms with van der Waals surface area (Å²) >= 11 is 0. The Morgan fingerprint density at radius 3 is 2.79 bits per heavy atom. The highest BCUT2D eigenvalue weighted by Crippen LogP contribution is 2.36. The number of pyridine rings is 1. The third kappa shape index (κ3) is 2.04. The minimum atomic E-state index is -0.0702. The van der Waals surface area contributed by atoms with Crippen LogP contribution in [0.25, 0.3) is 0 Å². The molecule has 1 aliphatic rings. The fourth-order valence-electron chi connectivity index (χ4n) is 2.67. The molecule has 1 unspecified atom stereocenters. The quantitative estimate of drug-likeness (QED) is 0.683. The van der Waals surface area contributed by atoms with Gasteiger partial charge in [-0.1, -0.05) is 0 Å². The standard InChI is InChI=1S/C15H16N2O2/c1-9-8-16-4-3-11(9)15-12-7-14(19)13(18)6-10(12)2-5-17-15/h3-4,6-8,15,17-19H,2,5H2,1H3. The highest BCUT2D eigenvalue weighted by Gasteiger charge is 2.24. The van der Waals surface area contributed by atoms with Gasteiger partial charge in [-0.05, 0) is 53.8 Å². The van der Waals surface area contributed by atoms with Crippen molar-refractivity contribution in [2.24, 2.45) is 0 Å². The zero-order chi connectivity index (χ0) is 13.4. The molecule has 98 valence electrons. The van der Waals surface area contributed by atoms with Gasteiger partial charge in [0.1, 0.15) is 0 Å². The van der Waals surface area contributed by atoms with Crippen molar-refractivity contribution in [1.82, 2.24) is 10.3 Å². The molecule has 0 saturated carbocycles. The first kappa shape index (κ1) is 12.0. The zero-order valence-corrected chi connectivity index (χ0v) is 10.7. The average Bonchev–Trinajstić information content (AvgIpc) is 2.40. The van der Waals surface area contributed by atoms with Crippen LogP contribution in [0.4, 0.5) is 0 Å². The molecular weight excluding hydrogens is 240 g/mol. The summed E-state index contributed by atoms with van der Waals surface area (Å²) in [7, 11) is 0. The van der Waals surface area contributed by atoms with Crippen LogP contribution >= 0.6 is 0 Å². The van der Waals surface area contributed by atoms with Crippen molar-refractivity contribution in [3.8, 4) is 11.5 Å². The first-order chi connectivity index (χ1) is 9.16. The molecule has 4 heteroatoms. The molecule has 0 amide bonds. The van der Waals surface area contributed by atoms with E-state index in [9.17, 15) is 10.2 Å². The van der Waals surface area contributed by atoms with Gasteiger partial charge in [-0.2, -0.15) is 0 Å². The highest BCUT2D eigenvalue weighted by atomic mass is 16.3. The summed E-state index contributed by atoms with van der Waals surface area (Å²) in [6, 6.07) is 5.35. The molecule has 1 aromatic carbocycles. The maximum Gasteiger partial charge on any atom is 0.157 e. The summed E-state index contributed by atoms with van der Waals surface area (Å²) in [5.74, 6) is -0.120. The molecule has 19 heavy (non-hydrogen) atoms. The molecule has 2 heterocycles. The second-order valence-corrected chi connectivity index (χ2v) is 4.91. The number of phenolic OH excluding ortho intramolecular Hbond substituents is 2. The Hall–Kier alpha value is -2.07. The number of fused-ring (bicyclic) bond motifs is 1. The van der Waals surface area contributed by atoms with Gasteiger partial charge in [0, 0.05) is 18.9 Å². The van der Waals surface area contributed by atoms with Crippen molar-refractivity contribution in [2.75, 3.05) is 6.54 Å². The number of nitrogens with one attached hydrogen (secondary N) is 1. The molecule has 3 N–H and O–H groups in total. The van der Waals surface area contributed by atoms with Crippen LogP contribution in [0.1, 0.15) is 28.3 Å². The SMILES string of the molecule is Cc1cnccc1C1NCCc2cc(O)c(O)cc21. The average molecular weight is 256 g/mol. The lowest BCUT2D eigenvalue weighted by molar-refractivity contribution is 0.400. The molecule has 1 atom stereocenters. The highest BCUT2D eigenvalue weighted by molar-refractivity contribution is 5.50. The van der Waals surface area contributed by atoms with Crippen molar-refractivity contribution in [3.63, 3.8) is 0 Å². The zero-order valence-electron chi connectivity index (χ0n) is 10.7. The van der Waals surface area contributed by atoms with Crippen LogP contribution in [0.5, 0.6) is 11.5 Å². The predicted molar refractivity (Wildman–Crippen MR) is 72.3 cm³/mol. The van der Waals surface area contributed by atoms with E-state index in [1.54, 1.807) is 18.3 Å². The molecular formula is C15H16N2O2. The Morgan fingerprint density at radius 2 is 2.00 bits per heavy atom. The second-order valence-electron chi connectivity index (χ2n) is 4.91.